The molecule has 7 rings (SSSR count). The first-order chi connectivity index (χ1) is 60.5. The highest BCUT2D eigenvalue weighted by Gasteiger charge is 2.39. The number of rotatable bonds is 55. The number of piperidine rings is 1. The topological polar surface area (TPSA) is 519 Å². The van der Waals surface area contributed by atoms with Crippen LogP contribution in [0.15, 0.2) is 84.5 Å². The number of nitrogens with one attached hydrogen (secondary N) is 11. The van der Waals surface area contributed by atoms with Gasteiger partial charge in [-0.1, -0.05) is 124 Å². The quantitative estimate of drug-likeness (QED) is 0.0130. The Morgan fingerprint density at radius 2 is 1.33 bits per heavy atom. The summed E-state index contributed by atoms with van der Waals surface area (Å²) < 4.78 is 39.5. The van der Waals surface area contributed by atoms with Crippen LogP contribution in [0.4, 0.5) is 26.0 Å². The van der Waals surface area contributed by atoms with E-state index < -0.39 is 89.9 Å². The number of ether oxygens (including phenoxy) is 7. The van der Waals surface area contributed by atoms with E-state index in [-0.39, 0.29) is 189 Å². The van der Waals surface area contributed by atoms with Crippen LogP contribution in [0.5, 0.6) is 11.6 Å². The number of hydrogen-bond donors (Lipinski definition) is 14. The number of H-pyrrole nitrogens is 1. The van der Waals surface area contributed by atoms with Gasteiger partial charge in [-0.2, -0.15) is 9.97 Å². The van der Waals surface area contributed by atoms with Crippen LogP contribution in [0.1, 0.15) is 190 Å². The van der Waals surface area contributed by atoms with Crippen molar-refractivity contribution in [1.82, 2.24) is 82.8 Å². The number of phenolic OH excluding ortho intramolecular Hbond substituents is 1. The number of nitrogens with two attached hydrogens (primary N) is 2. The van der Waals surface area contributed by atoms with Crippen LogP contribution >= 0.6 is 11.3 Å². The van der Waals surface area contributed by atoms with Crippen LogP contribution in [0, 0.1) is 23.7 Å². The molecule has 38 nitrogen and oxygen atoms in total. The Morgan fingerprint density at radius 1 is 0.651 bits per heavy atom. The highest BCUT2D eigenvalue weighted by atomic mass is 32.1. The van der Waals surface area contributed by atoms with Crippen molar-refractivity contribution >= 4 is 99.6 Å². The maximum atomic E-state index is 14.9. The van der Waals surface area contributed by atoms with Crippen LogP contribution in [0.25, 0.3) is 11.2 Å². The first-order valence-electron chi connectivity index (χ1n) is 43.3. The number of aromatic amines is 1. The Kier molecular flexibility index (Phi) is 44.0. The largest absolute Gasteiger partial charge is 0.508 e. The number of urea groups is 1. The molecule has 0 saturated carbocycles. The van der Waals surface area contributed by atoms with Crippen LogP contribution in [0.2, 0.25) is 0 Å². The lowest BCUT2D eigenvalue weighted by Crippen LogP contribution is -2.58. The lowest BCUT2D eigenvalue weighted by atomic mass is 9.92. The number of aromatic hydroxyl groups is 1. The summed E-state index contributed by atoms with van der Waals surface area (Å²) in [5, 5.41) is 34.7. The van der Waals surface area contributed by atoms with Crippen LogP contribution in [-0.4, -0.2) is 228 Å². The second-order valence-electron chi connectivity index (χ2n) is 31.8. The Labute approximate surface area is 739 Å². The number of fused-ring (bicyclic) bond motifs is 1. The third-order valence-corrected chi connectivity index (χ3v) is 22.0. The fourth-order valence-electron chi connectivity index (χ4n) is 13.8. The standard InChI is InChI=1S/C87H129N19O19S/c1-11-36-106(83(115)73(56(8)13-3)100-79(113)67-19-14-15-37-105(67)10)68(54(4)5)48-69(122-38-12-2)82-98-66(52-126-82)78(112)96-63(47-58-28-32-64(107)33-29-58)46-57(9)76(110)103-104-87(118)123-45-44-121-43-42-120-41-40-119-39-35-91-86(117)125-51-61-26-30-62(31-27-61)95-77(111)65(18-17-34-90-85(89)116)97-80(114)72(55(6)7)99-71(109)21-16-20-70(108)92-49-59-22-24-60(25-23-59)50-124-81-74-75(94-53-93-74)101-84(88)102-81/h22-33,52-57,63,65,67-69,72-73,107H,11-21,34-51H2,1-10H3,(H,91,117)(H,92,108)(H,95,111)(H,96,112)(H,97,114)(H,99,109)(H,100,113)(H,103,110)(H,104,118)(H3,89,90,116)(H3,88,93,94,101,102). The van der Waals surface area contributed by atoms with E-state index in [9.17, 15) is 57.8 Å². The summed E-state index contributed by atoms with van der Waals surface area (Å²) in [6, 6.07) is 15.6. The SMILES string of the molecule is CCCOC(CC(C(C)C)N(CCC)C(=O)C(NC(=O)C1CCCCN1C)C(C)CC)c1nc(C(=O)NC(Cc2ccc(O)cc2)CC(C)C(=O)NNC(=O)OCCOCCOCCOCCNC(=O)OCc2ccc(NC(=O)C(CCCNC(N)=O)NC(=O)C(NC(=O)CCCC(=O)NCc3ccc(COc4nc(N)nc5nc[nH]c45)cc3)C(C)C)cc2)cs1. The number of carbonyl (C=O) groups is 11. The number of amides is 12. The average molecular weight is 1780 g/mol. The number of anilines is 2. The molecule has 0 aliphatic carbocycles. The Morgan fingerprint density at radius 3 is 2.00 bits per heavy atom. The van der Waals surface area contributed by atoms with Gasteiger partial charge >= 0.3 is 18.2 Å². The summed E-state index contributed by atoms with van der Waals surface area (Å²) in [6.07, 6.45) is 5.45. The summed E-state index contributed by atoms with van der Waals surface area (Å²) >= 11 is 1.28. The van der Waals surface area contributed by atoms with E-state index >= 15 is 0 Å². The fraction of sp³-hybridized carbons (Fsp3) is 0.575. The van der Waals surface area contributed by atoms with Crippen molar-refractivity contribution in [2.75, 3.05) is 97.1 Å². The monoisotopic (exact) mass is 1780 g/mol. The molecule has 16 N–H and O–H groups in total. The molecule has 4 heterocycles. The molecule has 0 bridgehead atoms. The van der Waals surface area contributed by atoms with Gasteiger partial charge in [0.05, 0.1) is 52.0 Å². The van der Waals surface area contributed by atoms with Gasteiger partial charge in [0.25, 0.3) is 5.91 Å². The number of hydrazine groups is 1. The van der Waals surface area contributed by atoms with E-state index in [0.717, 1.165) is 42.5 Å². The van der Waals surface area contributed by atoms with E-state index in [1.54, 1.807) is 62.5 Å². The number of benzene rings is 3. The van der Waals surface area contributed by atoms with E-state index in [4.69, 9.17) is 49.6 Å². The van der Waals surface area contributed by atoms with Gasteiger partial charge in [-0.05, 0) is 136 Å². The van der Waals surface area contributed by atoms with Gasteiger partial charge in [0, 0.05) is 81.1 Å². The molecule has 3 aromatic carbocycles. The number of likely N-dealkylation sites (N-methyl/N-ethyl adjacent to an activating group) is 1. The Hall–Kier alpha value is -11.4. The van der Waals surface area contributed by atoms with Crippen molar-refractivity contribution in [2.24, 2.45) is 29.4 Å². The van der Waals surface area contributed by atoms with Gasteiger partial charge in [0.2, 0.25) is 53.2 Å². The van der Waals surface area contributed by atoms with Crippen molar-refractivity contribution in [2.45, 2.75) is 214 Å². The molecule has 6 aromatic rings. The van der Waals surface area contributed by atoms with Gasteiger partial charge in [0.15, 0.2) is 5.65 Å². The number of alkyl carbamates (subject to hydrolysis) is 1. The zero-order valence-corrected chi connectivity index (χ0v) is 74.8. The van der Waals surface area contributed by atoms with Crippen molar-refractivity contribution in [3.05, 3.63) is 117 Å². The number of imidazole rings is 1. The second-order valence-corrected chi connectivity index (χ2v) is 32.7. The molecule has 12 amide bonds. The average Bonchev–Trinajstić information content (AvgIpc) is 1.47. The first kappa shape index (κ1) is 102. The summed E-state index contributed by atoms with van der Waals surface area (Å²) in [6.45, 7) is 20.5. The highest BCUT2D eigenvalue weighted by Crippen LogP contribution is 2.33. The molecule has 0 spiro atoms. The van der Waals surface area contributed by atoms with Gasteiger partial charge in [-0.15, -0.1) is 11.3 Å². The molecule has 1 aliphatic heterocycles. The normalized spacial score (nSPS) is 14.7. The molecule has 0 radical (unpaired) electrons. The molecule has 9 atom stereocenters. The number of aromatic nitrogens is 5. The molecule has 9 unspecified atom stereocenters. The maximum absolute atomic E-state index is 14.9. The van der Waals surface area contributed by atoms with E-state index in [1.165, 1.54) is 29.8 Å². The minimum Gasteiger partial charge on any atom is -0.508 e. The van der Waals surface area contributed by atoms with Crippen molar-refractivity contribution < 1.29 is 91.0 Å². The van der Waals surface area contributed by atoms with Crippen LogP contribution in [-0.2, 0) is 88.2 Å². The second kappa shape index (κ2) is 54.5. The predicted molar refractivity (Wildman–Crippen MR) is 471 cm³/mol. The number of likely N-dealkylation sites (tertiary alicyclic amines) is 1. The lowest BCUT2D eigenvalue weighted by molar-refractivity contribution is -0.143. The minimum absolute atomic E-state index is 0.0101. The first-order valence-corrected chi connectivity index (χ1v) is 44.2. The molecule has 1 aliphatic rings. The van der Waals surface area contributed by atoms with Crippen LogP contribution in [0.3, 0.4) is 0 Å². The molecule has 39 heteroatoms. The molecule has 1 fully saturated rings. The van der Waals surface area contributed by atoms with Crippen LogP contribution < -0.4 is 69.6 Å². The van der Waals surface area contributed by atoms with E-state index in [2.05, 4.69) is 92.1 Å². The number of nitrogen functional groups attached to an aromatic ring is 1. The smallest absolute Gasteiger partial charge is 0.426 e. The number of phenols is 1. The molecule has 126 heavy (non-hydrogen) atoms. The number of carbonyl (C=O) groups excluding carboxylic acids is 11. The third-order valence-electron chi connectivity index (χ3n) is 21.0. The minimum atomic E-state index is -1.11. The number of primary amides is 1. The summed E-state index contributed by atoms with van der Waals surface area (Å²) in [5.74, 6) is -4.12. The van der Waals surface area contributed by atoms with Gasteiger partial charge < -0.3 is 102 Å². The number of nitrogens with zero attached hydrogens (tertiary/aromatic N) is 6. The van der Waals surface area contributed by atoms with E-state index in [0.29, 0.717) is 66.3 Å². The molecular formula is C87H129N19O19S. The highest BCUT2D eigenvalue weighted by molar-refractivity contribution is 7.09. The van der Waals surface area contributed by atoms with Gasteiger partial charge in [0.1, 0.15) is 66.0 Å². The predicted octanol–water partition coefficient (Wildman–Crippen LogP) is 7.41. The Balaban J connectivity index is 0.743. The van der Waals surface area contributed by atoms with Crippen molar-refractivity contribution in [3.8, 4) is 11.6 Å². The molecule has 3 aromatic heterocycles. The zero-order valence-electron chi connectivity index (χ0n) is 74.0. The zero-order chi connectivity index (χ0) is 91.5. The van der Waals surface area contributed by atoms with E-state index in [1.807, 2.05) is 63.9 Å². The Bertz CT molecular complexity index is 4410. The summed E-state index contributed by atoms with van der Waals surface area (Å²) in [7, 11) is 1.96. The molecule has 692 valence electrons. The molecular weight excluding hydrogens is 1650 g/mol. The maximum Gasteiger partial charge on any atom is 0.426 e. The number of thiazole rings is 1. The van der Waals surface area contributed by atoms with Crippen molar-refractivity contribution in [1.29, 1.82) is 0 Å². The number of hydrogen-bond acceptors (Lipinski definition) is 26. The summed E-state index contributed by atoms with van der Waals surface area (Å²) in [5.41, 5.74) is 20.2. The van der Waals surface area contributed by atoms with Gasteiger partial charge in [-0.25, -0.2) is 29.8 Å². The van der Waals surface area contributed by atoms with Gasteiger partial charge in [-0.3, -0.25) is 48.7 Å². The fourth-order valence-corrected chi connectivity index (χ4v) is 14.7. The third kappa shape index (κ3) is 35.6. The lowest BCUT2D eigenvalue weighted by Gasteiger charge is -2.40. The molecule has 1 saturated heterocycles. The summed E-state index contributed by atoms with van der Waals surface area (Å²) in [4.78, 5) is 170. The van der Waals surface area contributed by atoms with Crippen molar-refractivity contribution in [3.63, 3.8) is 0 Å².